The van der Waals surface area contributed by atoms with Gasteiger partial charge in [-0.3, -0.25) is 0 Å². The minimum absolute atomic E-state index is 0.880. The van der Waals surface area contributed by atoms with Crippen molar-refractivity contribution < 1.29 is 8.83 Å². The first-order valence-electron chi connectivity index (χ1n) is 21.2. The van der Waals surface area contributed by atoms with E-state index in [1.807, 2.05) is 24.3 Å². The highest BCUT2D eigenvalue weighted by molar-refractivity contribution is 6.14. The number of fused-ring (bicyclic) bond motifs is 12. The van der Waals surface area contributed by atoms with Gasteiger partial charge in [0.1, 0.15) is 11.2 Å². The van der Waals surface area contributed by atoms with Gasteiger partial charge in [-0.1, -0.05) is 97.1 Å². The molecule has 0 N–H and O–H groups in total. The lowest BCUT2D eigenvalue weighted by Gasteiger charge is -2.28. The van der Waals surface area contributed by atoms with Crippen molar-refractivity contribution in [1.82, 2.24) is 0 Å². The van der Waals surface area contributed by atoms with Crippen molar-refractivity contribution >= 4 is 99.5 Å². The Balaban J connectivity index is 0.917. The zero-order valence-electron chi connectivity index (χ0n) is 34.2. The van der Waals surface area contributed by atoms with Crippen molar-refractivity contribution in [3.8, 4) is 22.3 Å². The smallest absolute Gasteiger partial charge is 0.159 e. The number of hydrogen-bond acceptors (Lipinski definition) is 4. The van der Waals surface area contributed by atoms with Crippen molar-refractivity contribution in [3.05, 3.63) is 205 Å². The molecule has 62 heavy (non-hydrogen) atoms. The molecular weight excluding hydrogens is 757 g/mol. The third-order valence-electron chi connectivity index (χ3n) is 12.8. The molecule has 10 aromatic carbocycles. The number of nitrogens with zero attached hydrogens (tertiary/aromatic N) is 2. The van der Waals surface area contributed by atoms with E-state index in [0.29, 0.717) is 0 Å². The van der Waals surface area contributed by atoms with E-state index in [9.17, 15) is 0 Å². The Morgan fingerprint density at radius 1 is 0.306 bits per heavy atom. The third-order valence-corrected chi connectivity index (χ3v) is 12.8. The summed E-state index contributed by atoms with van der Waals surface area (Å²) in [6, 6.07) is 70.1. The molecule has 0 spiro atoms. The summed E-state index contributed by atoms with van der Waals surface area (Å²) in [6.07, 6.45) is 0. The Labute approximate surface area is 358 Å². The lowest BCUT2D eigenvalue weighted by Crippen LogP contribution is -2.10. The monoisotopic (exact) mass is 794 g/mol. The number of benzene rings is 10. The number of aryl methyl sites for hydroxylation is 2. The summed E-state index contributed by atoms with van der Waals surface area (Å²) < 4.78 is 13.2. The maximum absolute atomic E-state index is 6.59. The van der Waals surface area contributed by atoms with Gasteiger partial charge < -0.3 is 18.6 Å². The molecule has 0 amide bonds. The number of para-hydroxylation sites is 4. The standard InChI is InChI=1S/C58H38N2O2/c1-35-11-7-13-41(27-35)59(53-19-9-17-47-45-15-3-5-21-55(45)61-57(47)53)43-25-23-37-31-49-51(33-39(37)29-43)50-32-38-24-26-44(30-40(38)34-52(49)50)60(42-14-8-12-36(2)28-42)54-20-10-18-48-46-16-4-6-22-56(46)62-58(48)54/h3-34H,1-2H3. The molecule has 12 aromatic rings. The zero-order valence-corrected chi connectivity index (χ0v) is 34.2. The summed E-state index contributed by atoms with van der Waals surface area (Å²) in [4.78, 5) is 4.68. The summed E-state index contributed by atoms with van der Waals surface area (Å²) in [6.45, 7) is 4.29. The second-order valence-electron chi connectivity index (χ2n) is 16.7. The molecule has 0 unspecified atom stereocenters. The van der Waals surface area contributed by atoms with Crippen LogP contribution < -0.4 is 9.80 Å². The molecule has 0 aliphatic heterocycles. The lowest BCUT2D eigenvalue weighted by molar-refractivity contribution is 0.668. The van der Waals surface area contributed by atoms with E-state index >= 15 is 0 Å². The van der Waals surface area contributed by atoms with Crippen LogP contribution >= 0.6 is 0 Å². The fourth-order valence-corrected chi connectivity index (χ4v) is 9.88. The summed E-state index contributed by atoms with van der Waals surface area (Å²) in [7, 11) is 0. The normalized spacial score (nSPS) is 12.0. The second kappa shape index (κ2) is 13.2. The predicted molar refractivity (Wildman–Crippen MR) is 259 cm³/mol. The highest BCUT2D eigenvalue weighted by Crippen LogP contribution is 2.52. The van der Waals surface area contributed by atoms with Crippen LogP contribution in [0.5, 0.6) is 0 Å². The molecule has 0 bridgehead atoms. The summed E-state index contributed by atoms with van der Waals surface area (Å²) in [5, 5.41) is 9.29. The molecule has 13 rings (SSSR count). The number of anilines is 6. The van der Waals surface area contributed by atoms with E-state index in [0.717, 1.165) is 78.0 Å². The van der Waals surface area contributed by atoms with E-state index in [2.05, 4.69) is 194 Å². The average molecular weight is 795 g/mol. The first-order chi connectivity index (χ1) is 30.5. The van der Waals surface area contributed by atoms with Gasteiger partial charge in [-0.25, -0.2) is 0 Å². The van der Waals surface area contributed by atoms with Gasteiger partial charge in [-0.05, 0) is 166 Å². The SMILES string of the molecule is Cc1cccc(N(c2ccc3cc4c(cc3c2)-c2cc3ccc(N(c5cccc(C)c5)c5cccc6c5oc5ccccc56)cc3cc2-4)c2cccc3c2oc2ccccc23)c1. The van der Waals surface area contributed by atoms with Gasteiger partial charge in [0.05, 0.1) is 11.4 Å². The Hall–Kier alpha value is -8.08. The average Bonchev–Trinajstić information content (AvgIpc) is 3.88. The van der Waals surface area contributed by atoms with Gasteiger partial charge in [0.25, 0.3) is 0 Å². The van der Waals surface area contributed by atoms with Crippen molar-refractivity contribution in [1.29, 1.82) is 0 Å². The molecule has 0 saturated carbocycles. The largest absolute Gasteiger partial charge is 0.454 e. The van der Waals surface area contributed by atoms with E-state index < -0.39 is 0 Å². The van der Waals surface area contributed by atoms with Gasteiger partial charge >= 0.3 is 0 Å². The topological polar surface area (TPSA) is 32.8 Å². The molecule has 2 aromatic heterocycles. The Bertz CT molecular complexity index is 3550. The van der Waals surface area contributed by atoms with Crippen LogP contribution in [-0.4, -0.2) is 0 Å². The molecule has 292 valence electrons. The number of furan rings is 2. The first-order valence-corrected chi connectivity index (χ1v) is 21.2. The van der Waals surface area contributed by atoms with Gasteiger partial charge in [0.2, 0.25) is 0 Å². The van der Waals surface area contributed by atoms with Crippen molar-refractivity contribution in [3.63, 3.8) is 0 Å². The van der Waals surface area contributed by atoms with Crippen LogP contribution in [0, 0.1) is 13.8 Å². The Kier molecular flexibility index (Phi) is 7.40. The number of rotatable bonds is 6. The second-order valence-corrected chi connectivity index (χ2v) is 16.7. The Morgan fingerprint density at radius 3 is 1.15 bits per heavy atom. The van der Waals surface area contributed by atoms with E-state index in [-0.39, 0.29) is 0 Å². The number of hydrogen-bond donors (Lipinski definition) is 0. The molecule has 2 heterocycles. The minimum Gasteiger partial charge on any atom is -0.454 e. The van der Waals surface area contributed by atoms with Gasteiger partial charge in [0, 0.05) is 44.3 Å². The van der Waals surface area contributed by atoms with E-state index in [1.165, 1.54) is 54.9 Å². The minimum atomic E-state index is 0.880. The molecule has 4 nitrogen and oxygen atoms in total. The van der Waals surface area contributed by atoms with Gasteiger partial charge in [-0.15, -0.1) is 0 Å². The highest BCUT2D eigenvalue weighted by atomic mass is 16.3. The summed E-state index contributed by atoms with van der Waals surface area (Å²) >= 11 is 0. The van der Waals surface area contributed by atoms with Crippen LogP contribution in [-0.2, 0) is 0 Å². The first kappa shape index (κ1) is 34.8. The summed E-state index contributed by atoms with van der Waals surface area (Å²) in [5.74, 6) is 0. The maximum Gasteiger partial charge on any atom is 0.159 e. The van der Waals surface area contributed by atoms with Crippen LogP contribution in [0.15, 0.2) is 203 Å². The van der Waals surface area contributed by atoms with E-state index in [1.54, 1.807) is 0 Å². The fraction of sp³-hybridized carbons (Fsp3) is 0.0345. The van der Waals surface area contributed by atoms with Crippen LogP contribution in [0.25, 0.3) is 87.7 Å². The van der Waals surface area contributed by atoms with E-state index in [4.69, 9.17) is 8.83 Å². The van der Waals surface area contributed by atoms with Gasteiger partial charge in [-0.2, -0.15) is 0 Å². The molecule has 4 heteroatoms. The van der Waals surface area contributed by atoms with Gasteiger partial charge in [0.15, 0.2) is 11.2 Å². The zero-order chi connectivity index (χ0) is 41.1. The molecule has 0 radical (unpaired) electrons. The van der Waals surface area contributed by atoms with Crippen LogP contribution in [0.2, 0.25) is 0 Å². The maximum atomic E-state index is 6.59. The third kappa shape index (κ3) is 5.26. The quantitative estimate of drug-likeness (QED) is 0.168. The molecule has 0 atom stereocenters. The van der Waals surface area contributed by atoms with Crippen molar-refractivity contribution in [2.24, 2.45) is 0 Å². The summed E-state index contributed by atoms with van der Waals surface area (Å²) in [5.41, 5.74) is 17.5. The molecular formula is C58H38N2O2. The molecule has 1 aliphatic rings. The predicted octanol–water partition coefficient (Wildman–Crippen LogP) is 17.0. The van der Waals surface area contributed by atoms with Crippen LogP contribution in [0.3, 0.4) is 0 Å². The molecule has 1 aliphatic carbocycles. The lowest BCUT2D eigenvalue weighted by atomic mass is 9.78. The van der Waals surface area contributed by atoms with Crippen molar-refractivity contribution in [2.75, 3.05) is 9.80 Å². The fourth-order valence-electron chi connectivity index (χ4n) is 9.88. The Morgan fingerprint density at radius 2 is 0.694 bits per heavy atom. The molecule has 0 fully saturated rings. The van der Waals surface area contributed by atoms with Crippen molar-refractivity contribution in [2.45, 2.75) is 13.8 Å². The molecule has 0 saturated heterocycles. The highest BCUT2D eigenvalue weighted by Gasteiger charge is 2.26. The van der Waals surface area contributed by atoms with Crippen LogP contribution in [0.1, 0.15) is 11.1 Å². The van der Waals surface area contributed by atoms with Crippen LogP contribution in [0.4, 0.5) is 34.1 Å².